The molecule has 114 valence electrons. The van der Waals surface area contributed by atoms with E-state index in [0.29, 0.717) is 6.04 Å². The van der Waals surface area contributed by atoms with Gasteiger partial charge in [0.1, 0.15) is 0 Å². The molecule has 0 aromatic heterocycles. The third-order valence-corrected chi connectivity index (χ3v) is 4.68. The molecule has 0 aliphatic carbocycles. The van der Waals surface area contributed by atoms with E-state index in [2.05, 4.69) is 21.0 Å². The highest BCUT2D eigenvalue weighted by Gasteiger charge is 2.28. The molecule has 2 aliphatic rings. The van der Waals surface area contributed by atoms with Crippen molar-refractivity contribution in [3.63, 3.8) is 0 Å². The van der Waals surface area contributed by atoms with E-state index < -0.39 is 0 Å². The number of amidine groups is 1. The van der Waals surface area contributed by atoms with Gasteiger partial charge in [-0.25, -0.2) is 0 Å². The minimum atomic E-state index is 0.197. The summed E-state index contributed by atoms with van der Waals surface area (Å²) in [6.45, 7) is 5.61. The van der Waals surface area contributed by atoms with E-state index in [9.17, 15) is 0 Å². The Morgan fingerprint density at radius 2 is 2.05 bits per heavy atom. The van der Waals surface area contributed by atoms with Crippen molar-refractivity contribution in [1.82, 2.24) is 9.80 Å². The monoisotopic (exact) mass is 288 g/mol. The Bertz CT molecular complexity index is 517. The zero-order valence-corrected chi connectivity index (χ0v) is 12.4. The first-order valence-corrected chi connectivity index (χ1v) is 7.80. The first-order valence-electron chi connectivity index (χ1n) is 7.80. The van der Waals surface area contributed by atoms with Crippen molar-refractivity contribution in [1.29, 1.82) is 0 Å². The number of fused-ring (bicyclic) bond motifs is 1. The van der Waals surface area contributed by atoms with Crippen LogP contribution in [0, 0.1) is 0 Å². The largest absolute Gasteiger partial charge is 0.409 e. The summed E-state index contributed by atoms with van der Waals surface area (Å²) in [6.07, 6.45) is 3.87. The molecule has 21 heavy (non-hydrogen) atoms. The van der Waals surface area contributed by atoms with Gasteiger partial charge in [0.15, 0.2) is 5.84 Å². The van der Waals surface area contributed by atoms with Crippen LogP contribution in [0.2, 0.25) is 0 Å². The molecule has 0 saturated carbocycles. The third-order valence-electron chi connectivity index (χ3n) is 4.68. The van der Waals surface area contributed by atoms with E-state index in [1.54, 1.807) is 0 Å². The highest BCUT2D eigenvalue weighted by Crippen LogP contribution is 2.22. The van der Waals surface area contributed by atoms with Crippen LogP contribution in [-0.4, -0.2) is 53.1 Å². The maximum atomic E-state index is 8.93. The smallest absolute Gasteiger partial charge is 0.170 e. The number of hydrogen-bond acceptors (Lipinski definition) is 4. The van der Waals surface area contributed by atoms with Gasteiger partial charge < -0.3 is 10.9 Å². The first-order chi connectivity index (χ1) is 10.3. The van der Waals surface area contributed by atoms with Gasteiger partial charge in [-0.2, -0.15) is 0 Å². The van der Waals surface area contributed by atoms with Crippen LogP contribution in [0.25, 0.3) is 0 Å². The van der Waals surface area contributed by atoms with Crippen molar-refractivity contribution in [3.05, 3.63) is 35.4 Å². The van der Waals surface area contributed by atoms with Gasteiger partial charge in [0.05, 0.1) is 0 Å². The Hall–Kier alpha value is -1.59. The number of nitrogens with zero attached hydrogens (tertiary/aromatic N) is 3. The van der Waals surface area contributed by atoms with Crippen molar-refractivity contribution in [2.24, 2.45) is 10.9 Å². The van der Waals surface area contributed by atoms with Gasteiger partial charge in [0.2, 0.25) is 0 Å². The van der Waals surface area contributed by atoms with E-state index in [1.165, 1.54) is 32.4 Å². The Kier molecular flexibility index (Phi) is 4.41. The summed E-state index contributed by atoms with van der Waals surface area (Å²) in [6, 6.07) is 8.65. The molecular weight excluding hydrogens is 264 g/mol. The molecule has 1 aromatic rings. The van der Waals surface area contributed by atoms with Gasteiger partial charge in [-0.05, 0) is 44.5 Å². The SMILES string of the molecule is NC(=NO)c1ccccc1CN1CCCN2CCCC2C1. The van der Waals surface area contributed by atoms with E-state index in [-0.39, 0.29) is 5.84 Å². The predicted molar refractivity (Wildman–Crippen MR) is 83.4 cm³/mol. The lowest BCUT2D eigenvalue weighted by Gasteiger charge is -2.26. The fourth-order valence-corrected chi connectivity index (χ4v) is 3.63. The Morgan fingerprint density at radius 3 is 2.90 bits per heavy atom. The van der Waals surface area contributed by atoms with Crippen LogP contribution in [0.4, 0.5) is 0 Å². The molecule has 5 heteroatoms. The molecular formula is C16H24N4O. The van der Waals surface area contributed by atoms with Crippen molar-refractivity contribution in [2.75, 3.05) is 26.2 Å². The van der Waals surface area contributed by atoms with E-state index in [1.807, 2.05) is 18.2 Å². The summed E-state index contributed by atoms with van der Waals surface area (Å²) in [4.78, 5) is 5.15. The van der Waals surface area contributed by atoms with Crippen LogP contribution in [-0.2, 0) is 6.54 Å². The summed E-state index contributed by atoms with van der Waals surface area (Å²) in [5.74, 6) is 0.197. The van der Waals surface area contributed by atoms with E-state index in [4.69, 9.17) is 10.9 Å². The molecule has 2 heterocycles. The van der Waals surface area contributed by atoms with Gasteiger partial charge in [-0.15, -0.1) is 0 Å². The molecule has 1 unspecified atom stereocenters. The number of hydrogen-bond donors (Lipinski definition) is 2. The summed E-state index contributed by atoms with van der Waals surface area (Å²) in [5.41, 5.74) is 7.77. The molecule has 2 saturated heterocycles. The van der Waals surface area contributed by atoms with Gasteiger partial charge in [-0.3, -0.25) is 9.80 Å². The van der Waals surface area contributed by atoms with Crippen LogP contribution < -0.4 is 5.73 Å². The molecule has 1 aromatic carbocycles. The summed E-state index contributed by atoms with van der Waals surface area (Å²) in [5, 5.41) is 12.1. The second-order valence-corrected chi connectivity index (χ2v) is 6.06. The lowest BCUT2D eigenvalue weighted by atomic mass is 10.1. The maximum Gasteiger partial charge on any atom is 0.170 e. The fraction of sp³-hybridized carbons (Fsp3) is 0.562. The molecule has 0 amide bonds. The normalized spacial score (nSPS) is 24.8. The van der Waals surface area contributed by atoms with E-state index in [0.717, 1.165) is 30.8 Å². The van der Waals surface area contributed by atoms with E-state index >= 15 is 0 Å². The van der Waals surface area contributed by atoms with Crippen molar-refractivity contribution < 1.29 is 5.21 Å². The van der Waals surface area contributed by atoms with Crippen LogP contribution in [0.3, 0.4) is 0 Å². The molecule has 5 nitrogen and oxygen atoms in total. The standard InChI is InChI=1S/C16H24N4O/c17-16(18-21)15-7-2-1-5-13(15)11-19-8-4-10-20-9-3-6-14(20)12-19/h1-2,5,7,14,21H,3-4,6,8-12H2,(H2,17,18). The zero-order chi connectivity index (χ0) is 14.7. The highest BCUT2D eigenvalue weighted by molar-refractivity contribution is 5.98. The number of nitrogens with two attached hydrogens (primary N) is 1. The lowest BCUT2D eigenvalue weighted by molar-refractivity contribution is 0.215. The van der Waals surface area contributed by atoms with Gasteiger partial charge in [0.25, 0.3) is 0 Å². The van der Waals surface area contributed by atoms with Crippen molar-refractivity contribution >= 4 is 5.84 Å². The van der Waals surface area contributed by atoms with Crippen LogP contribution in [0.1, 0.15) is 30.4 Å². The molecule has 0 radical (unpaired) electrons. The second-order valence-electron chi connectivity index (χ2n) is 6.06. The van der Waals surface area contributed by atoms with Crippen LogP contribution in [0.15, 0.2) is 29.4 Å². The Morgan fingerprint density at radius 1 is 1.24 bits per heavy atom. The van der Waals surface area contributed by atoms with Gasteiger partial charge in [0, 0.05) is 24.7 Å². The first kappa shape index (κ1) is 14.4. The molecule has 0 spiro atoms. The number of oxime groups is 1. The summed E-state index contributed by atoms with van der Waals surface area (Å²) in [7, 11) is 0. The average molecular weight is 288 g/mol. The highest BCUT2D eigenvalue weighted by atomic mass is 16.4. The topological polar surface area (TPSA) is 65.1 Å². The Balaban J connectivity index is 1.74. The quantitative estimate of drug-likeness (QED) is 0.382. The van der Waals surface area contributed by atoms with Gasteiger partial charge in [-0.1, -0.05) is 29.4 Å². The number of rotatable bonds is 3. The minimum absolute atomic E-state index is 0.197. The molecule has 2 aliphatic heterocycles. The molecule has 2 fully saturated rings. The lowest BCUT2D eigenvalue weighted by Crippen LogP contribution is -2.36. The molecule has 0 bridgehead atoms. The van der Waals surface area contributed by atoms with Gasteiger partial charge >= 0.3 is 0 Å². The van der Waals surface area contributed by atoms with Crippen LogP contribution >= 0.6 is 0 Å². The number of benzene rings is 1. The fourth-order valence-electron chi connectivity index (χ4n) is 3.63. The molecule has 3 N–H and O–H groups in total. The average Bonchev–Trinajstić information content (AvgIpc) is 2.86. The minimum Gasteiger partial charge on any atom is -0.409 e. The Labute approximate surface area is 126 Å². The third kappa shape index (κ3) is 3.19. The molecule has 3 rings (SSSR count). The predicted octanol–water partition coefficient (Wildman–Crippen LogP) is 1.45. The second kappa shape index (κ2) is 6.45. The summed E-state index contributed by atoms with van der Waals surface area (Å²) < 4.78 is 0. The van der Waals surface area contributed by atoms with Crippen molar-refractivity contribution in [3.8, 4) is 0 Å². The zero-order valence-electron chi connectivity index (χ0n) is 12.4. The van der Waals surface area contributed by atoms with Crippen molar-refractivity contribution in [2.45, 2.75) is 31.8 Å². The maximum absolute atomic E-state index is 8.93. The summed E-state index contributed by atoms with van der Waals surface area (Å²) >= 11 is 0. The van der Waals surface area contributed by atoms with Crippen LogP contribution in [0.5, 0.6) is 0 Å². The molecule has 1 atom stereocenters.